The first kappa shape index (κ1) is 28.6. The number of anilines is 1. The molecule has 218 valence electrons. The summed E-state index contributed by atoms with van der Waals surface area (Å²) in [4.78, 5) is 45.4. The summed E-state index contributed by atoms with van der Waals surface area (Å²) in [5.41, 5.74) is 10.5. The van der Waals surface area contributed by atoms with Crippen LogP contribution in [0.15, 0.2) is 59.5 Å². The van der Waals surface area contributed by atoms with Crippen LogP contribution in [-0.4, -0.2) is 76.0 Å². The molecule has 4 N–H and O–H groups in total. The summed E-state index contributed by atoms with van der Waals surface area (Å²) >= 11 is 0. The molecule has 0 spiro atoms. The Bertz CT molecular complexity index is 1790. The number of nitrogens with two attached hydrogens (primary N) is 1. The number of carbonyl (C=O) groups is 1. The molecule has 4 heterocycles. The second-order valence-electron chi connectivity index (χ2n) is 9.67. The molecule has 1 aliphatic heterocycles. The molecule has 1 fully saturated rings. The number of pyridine rings is 1. The molecule has 0 bridgehead atoms. The maximum atomic E-state index is 13.4. The number of hydrogen-bond donors (Lipinski definition) is 3. The quantitative estimate of drug-likeness (QED) is 0.278. The topological polar surface area (TPSA) is 142 Å². The van der Waals surface area contributed by atoms with Crippen molar-refractivity contribution in [2.75, 3.05) is 46.1 Å². The van der Waals surface area contributed by atoms with E-state index in [1.807, 2.05) is 43.0 Å². The highest BCUT2D eigenvalue weighted by Crippen LogP contribution is 2.32. The van der Waals surface area contributed by atoms with Gasteiger partial charge in [0.2, 0.25) is 0 Å². The van der Waals surface area contributed by atoms with Crippen molar-refractivity contribution in [2.45, 2.75) is 20.4 Å². The van der Waals surface area contributed by atoms with Gasteiger partial charge in [0.1, 0.15) is 5.69 Å². The highest BCUT2D eigenvalue weighted by molar-refractivity contribution is 6.04. The molecule has 0 atom stereocenters. The maximum Gasteiger partial charge on any atom is 0.276 e. The Balaban J connectivity index is 0.00000173. The van der Waals surface area contributed by atoms with Crippen LogP contribution in [-0.2, 0) is 6.54 Å². The number of rotatable bonds is 6. The molecule has 2 aromatic carbocycles. The fraction of sp³-hybridized carbons (Fsp3) is 0.290. The van der Waals surface area contributed by atoms with E-state index in [1.54, 1.807) is 44.7 Å². The molecule has 3 aromatic heterocycles. The number of nitrogens with zero attached hydrogens (tertiary/aromatic N) is 4. The second kappa shape index (κ2) is 12.3. The number of hydrogen-bond acceptors (Lipinski definition) is 8. The van der Waals surface area contributed by atoms with Crippen molar-refractivity contribution in [2.24, 2.45) is 0 Å². The molecule has 0 aliphatic carbocycles. The van der Waals surface area contributed by atoms with Crippen molar-refractivity contribution < 1.29 is 14.3 Å². The van der Waals surface area contributed by atoms with Crippen molar-refractivity contribution in [1.29, 1.82) is 0 Å². The summed E-state index contributed by atoms with van der Waals surface area (Å²) in [7, 11) is 3.21. The van der Waals surface area contributed by atoms with Gasteiger partial charge >= 0.3 is 0 Å². The van der Waals surface area contributed by atoms with Crippen LogP contribution in [0.1, 0.15) is 29.9 Å². The second-order valence-corrected chi connectivity index (χ2v) is 9.67. The third-order valence-electron chi connectivity index (χ3n) is 7.32. The number of amides is 1. The molecular weight excluding hydrogens is 534 g/mol. The van der Waals surface area contributed by atoms with Gasteiger partial charge in [-0.3, -0.25) is 19.5 Å². The Hall–Kier alpha value is -4.90. The number of piperazine rings is 1. The van der Waals surface area contributed by atoms with Gasteiger partial charge in [-0.1, -0.05) is 26.0 Å². The third kappa shape index (κ3) is 5.38. The van der Waals surface area contributed by atoms with Crippen LogP contribution < -0.4 is 20.8 Å². The van der Waals surface area contributed by atoms with Gasteiger partial charge < -0.3 is 30.1 Å². The SMILES string of the molecule is CC.COc1ccnc(CN2CCN(C(=O)c3ccc4[nH]c(-c5nc6ccccc6[nH]c5=O)c(N)c4c3)CC2)c1OC. The monoisotopic (exact) mass is 569 g/mol. The highest BCUT2D eigenvalue weighted by atomic mass is 16.5. The number of methoxy groups -OCH3 is 2. The lowest BCUT2D eigenvalue weighted by atomic mass is 10.1. The van der Waals surface area contributed by atoms with Crippen LogP contribution in [0.2, 0.25) is 0 Å². The highest BCUT2D eigenvalue weighted by Gasteiger charge is 2.25. The van der Waals surface area contributed by atoms with Gasteiger partial charge in [-0.15, -0.1) is 0 Å². The standard InChI is InChI=1S/C29H29N7O4.C2H6/c1-39-23-9-10-31-22(27(23)40-2)16-35-11-13-36(14-12-35)29(38)17-7-8-19-18(15-17)24(30)25(32-19)26-28(37)34-21-6-4-3-5-20(21)33-26;1-2/h3-10,15,32H,11-14,16,30H2,1-2H3,(H,34,37);1-2H3. The summed E-state index contributed by atoms with van der Waals surface area (Å²) < 4.78 is 10.9. The summed E-state index contributed by atoms with van der Waals surface area (Å²) in [6, 6.07) is 14.5. The smallest absolute Gasteiger partial charge is 0.276 e. The number of aromatic amines is 2. The molecule has 1 amide bonds. The van der Waals surface area contributed by atoms with Crippen molar-refractivity contribution in [3.63, 3.8) is 0 Å². The lowest BCUT2D eigenvalue weighted by Crippen LogP contribution is -2.48. The number of para-hydroxylation sites is 2. The largest absolute Gasteiger partial charge is 0.493 e. The molecular formula is C31H35N7O4. The minimum absolute atomic E-state index is 0.0672. The fourth-order valence-electron chi connectivity index (χ4n) is 5.20. The van der Waals surface area contributed by atoms with E-state index in [9.17, 15) is 9.59 Å². The predicted molar refractivity (Wildman–Crippen MR) is 164 cm³/mol. The number of ether oxygens (including phenoxy) is 2. The number of carbonyl (C=O) groups excluding carboxylic acids is 1. The Labute approximate surface area is 243 Å². The predicted octanol–water partition coefficient (Wildman–Crippen LogP) is 4.05. The van der Waals surface area contributed by atoms with Crippen LogP contribution in [0.25, 0.3) is 33.3 Å². The third-order valence-corrected chi connectivity index (χ3v) is 7.32. The number of benzene rings is 2. The lowest BCUT2D eigenvalue weighted by Gasteiger charge is -2.34. The lowest BCUT2D eigenvalue weighted by molar-refractivity contribution is 0.0626. The molecule has 6 rings (SSSR count). The Morgan fingerprint density at radius 1 is 0.976 bits per heavy atom. The van der Waals surface area contributed by atoms with Crippen molar-refractivity contribution >= 4 is 33.5 Å². The summed E-state index contributed by atoms with van der Waals surface area (Å²) in [5, 5.41) is 0.671. The Morgan fingerprint density at radius 2 is 1.74 bits per heavy atom. The minimum Gasteiger partial charge on any atom is -0.493 e. The van der Waals surface area contributed by atoms with Crippen molar-refractivity contribution in [3.05, 3.63) is 76.3 Å². The minimum atomic E-state index is -0.340. The van der Waals surface area contributed by atoms with Gasteiger partial charge in [0.15, 0.2) is 17.2 Å². The first-order chi connectivity index (χ1) is 20.5. The Kier molecular flexibility index (Phi) is 8.39. The van der Waals surface area contributed by atoms with E-state index in [4.69, 9.17) is 15.2 Å². The maximum absolute atomic E-state index is 13.4. The molecule has 0 saturated carbocycles. The van der Waals surface area contributed by atoms with E-state index in [0.717, 1.165) is 11.2 Å². The van der Waals surface area contributed by atoms with Gasteiger partial charge in [-0.2, -0.15) is 0 Å². The summed E-state index contributed by atoms with van der Waals surface area (Å²) in [6.07, 6.45) is 1.71. The van der Waals surface area contributed by atoms with Crippen molar-refractivity contribution in [1.82, 2.24) is 29.7 Å². The van der Waals surface area contributed by atoms with Crippen molar-refractivity contribution in [3.8, 4) is 22.9 Å². The Morgan fingerprint density at radius 3 is 2.48 bits per heavy atom. The molecule has 0 radical (unpaired) electrons. The van der Waals surface area contributed by atoms with Crippen LogP contribution in [0.3, 0.4) is 0 Å². The van der Waals surface area contributed by atoms with E-state index >= 15 is 0 Å². The van der Waals surface area contributed by atoms with E-state index < -0.39 is 0 Å². The van der Waals surface area contributed by atoms with E-state index in [1.165, 1.54) is 0 Å². The number of nitrogen functional groups attached to an aromatic ring is 1. The summed E-state index contributed by atoms with van der Waals surface area (Å²) in [6.45, 7) is 7.14. The fourth-order valence-corrected chi connectivity index (χ4v) is 5.20. The first-order valence-corrected chi connectivity index (χ1v) is 13.9. The summed E-state index contributed by atoms with van der Waals surface area (Å²) in [5.74, 6) is 1.20. The molecule has 11 nitrogen and oxygen atoms in total. The van der Waals surface area contributed by atoms with E-state index in [-0.39, 0.29) is 17.2 Å². The number of aromatic nitrogens is 4. The molecule has 11 heteroatoms. The number of H-pyrrole nitrogens is 2. The zero-order valence-corrected chi connectivity index (χ0v) is 24.2. The molecule has 42 heavy (non-hydrogen) atoms. The van der Waals surface area contributed by atoms with E-state index in [2.05, 4.69) is 24.8 Å². The van der Waals surface area contributed by atoms with Crippen LogP contribution in [0, 0.1) is 0 Å². The van der Waals surface area contributed by atoms with Crippen LogP contribution >= 0.6 is 0 Å². The van der Waals surface area contributed by atoms with Crippen LogP contribution in [0.5, 0.6) is 11.5 Å². The first-order valence-electron chi connectivity index (χ1n) is 13.9. The molecule has 1 saturated heterocycles. The van der Waals surface area contributed by atoms with Gasteiger partial charge in [-0.25, -0.2) is 4.98 Å². The zero-order valence-electron chi connectivity index (χ0n) is 24.2. The van der Waals surface area contributed by atoms with E-state index in [0.29, 0.717) is 77.6 Å². The van der Waals surface area contributed by atoms with Gasteiger partial charge in [0, 0.05) is 61.5 Å². The molecule has 5 aromatic rings. The van der Waals surface area contributed by atoms with Gasteiger partial charge in [0.25, 0.3) is 11.5 Å². The molecule has 1 aliphatic rings. The normalized spacial score (nSPS) is 13.6. The zero-order chi connectivity index (χ0) is 29.8. The van der Waals surface area contributed by atoms with Gasteiger partial charge in [0.05, 0.1) is 36.6 Å². The number of nitrogens with one attached hydrogen (secondary N) is 2. The average molecular weight is 570 g/mol. The average Bonchev–Trinajstić information content (AvgIpc) is 3.36. The van der Waals surface area contributed by atoms with Gasteiger partial charge in [-0.05, 0) is 30.3 Å². The number of fused-ring (bicyclic) bond motifs is 2. The van der Waals surface area contributed by atoms with Crippen LogP contribution in [0.4, 0.5) is 5.69 Å². The molecule has 0 unspecified atom stereocenters.